The SMILES string of the molecule is COc1cccc(OCCNC(=O)Nc2ccc(-c3nc(C(C)C)no3)cc2)c1. The fraction of sp³-hybridized carbons (Fsp3) is 0.286. The van der Waals surface area contributed by atoms with Crippen LogP contribution < -0.4 is 20.1 Å². The molecule has 0 aliphatic rings. The quantitative estimate of drug-likeness (QED) is 0.557. The third-order valence-electron chi connectivity index (χ3n) is 4.05. The molecule has 8 nitrogen and oxygen atoms in total. The van der Waals surface area contributed by atoms with Crippen molar-refractivity contribution in [3.8, 4) is 23.0 Å². The molecule has 29 heavy (non-hydrogen) atoms. The summed E-state index contributed by atoms with van der Waals surface area (Å²) in [6, 6.07) is 14.2. The van der Waals surface area contributed by atoms with Gasteiger partial charge >= 0.3 is 6.03 Å². The third kappa shape index (κ3) is 5.71. The van der Waals surface area contributed by atoms with Gasteiger partial charge in [0.25, 0.3) is 5.89 Å². The van der Waals surface area contributed by atoms with E-state index in [1.807, 2.05) is 44.2 Å². The van der Waals surface area contributed by atoms with Gasteiger partial charge in [0.2, 0.25) is 0 Å². The van der Waals surface area contributed by atoms with E-state index in [-0.39, 0.29) is 11.9 Å². The Balaban J connectivity index is 1.44. The molecule has 0 spiro atoms. The number of carbonyl (C=O) groups is 1. The molecule has 0 aliphatic carbocycles. The number of hydrogen-bond donors (Lipinski definition) is 2. The van der Waals surface area contributed by atoms with E-state index in [0.717, 1.165) is 11.3 Å². The number of amides is 2. The largest absolute Gasteiger partial charge is 0.497 e. The highest BCUT2D eigenvalue weighted by atomic mass is 16.5. The smallest absolute Gasteiger partial charge is 0.319 e. The highest BCUT2D eigenvalue weighted by Crippen LogP contribution is 2.22. The summed E-state index contributed by atoms with van der Waals surface area (Å²) in [5, 5.41) is 9.47. The minimum Gasteiger partial charge on any atom is -0.497 e. The number of rotatable bonds is 8. The maximum Gasteiger partial charge on any atom is 0.319 e. The molecular weight excluding hydrogens is 372 g/mol. The first-order valence-corrected chi connectivity index (χ1v) is 9.31. The van der Waals surface area contributed by atoms with Crippen LogP contribution in [-0.4, -0.2) is 36.4 Å². The zero-order chi connectivity index (χ0) is 20.6. The molecule has 3 aromatic rings. The molecule has 8 heteroatoms. The van der Waals surface area contributed by atoms with E-state index in [2.05, 4.69) is 20.8 Å². The monoisotopic (exact) mass is 396 g/mol. The average molecular weight is 396 g/mol. The Bertz CT molecular complexity index is 938. The van der Waals surface area contributed by atoms with Gasteiger partial charge in [-0.2, -0.15) is 4.98 Å². The highest BCUT2D eigenvalue weighted by molar-refractivity contribution is 5.89. The first-order chi connectivity index (χ1) is 14.0. The van der Waals surface area contributed by atoms with Crippen molar-refractivity contribution in [2.45, 2.75) is 19.8 Å². The second-order valence-corrected chi connectivity index (χ2v) is 6.60. The molecule has 1 heterocycles. The normalized spacial score (nSPS) is 10.6. The number of aromatic nitrogens is 2. The number of methoxy groups -OCH3 is 1. The van der Waals surface area contributed by atoms with Crippen LogP contribution in [0.3, 0.4) is 0 Å². The van der Waals surface area contributed by atoms with E-state index in [4.69, 9.17) is 14.0 Å². The summed E-state index contributed by atoms with van der Waals surface area (Å²) < 4.78 is 16.0. The van der Waals surface area contributed by atoms with E-state index >= 15 is 0 Å². The van der Waals surface area contributed by atoms with Crippen molar-refractivity contribution < 1.29 is 18.8 Å². The van der Waals surface area contributed by atoms with Crippen molar-refractivity contribution in [2.24, 2.45) is 0 Å². The molecule has 3 rings (SSSR count). The van der Waals surface area contributed by atoms with Crippen LogP contribution >= 0.6 is 0 Å². The van der Waals surface area contributed by atoms with Gasteiger partial charge in [-0.15, -0.1) is 0 Å². The summed E-state index contributed by atoms with van der Waals surface area (Å²) in [7, 11) is 1.60. The Kier molecular flexibility index (Phi) is 6.67. The molecule has 0 saturated carbocycles. The molecule has 0 atom stereocenters. The lowest BCUT2D eigenvalue weighted by Crippen LogP contribution is -2.32. The zero-order valence-electron chi connectivity index (χ0n) is 16.6. The Morgan fingerprint density at radius 3 is 2.59 bits per heavy atom. The zero-order valence-corrected chi connectivity index (χ0v) is 16.6. The fourth-order valence-electron chi connectivity index (χ4n) is 2.48. The standard InChI is InChI=1S/C21H24N4O4/c1-14(2)19-24-20(29-25-19)15-7-9-16(10-8-15)23-21(26)22-11-12-28-18-6-4-5-17(13-18)27-3/h4-10,13-14H,11-12H2,1-3H3,(H2,22,23,26). The van der Waals surface area contributed by atoms with Gasteiger partial charge in [0.05, 0.1) is 13.7 Å². The number of hydrogen-bond acceptors (Lipinski definition) is 6. The Hall–Kier alpha value is -3.55. The van der Waals surface area contributed by atoms with Crippen molar-refractivity contribution in [3.63, 3.8) is 0 Å². The van der Waals surface area contributed by atoms with Gasteiger partial charge in [-0.1, -0.05) is 25.1 Å². The highest BCUT2D eigenvalue weighted by Gasteiger charge is 2.11. The van der Waals surface area contributed by atoms with Crippen LogP contribution in [0.4, 0.5) is 10.5 Å². The summed E-state index contributed by atoms with van der Waals surface area (Å²) in [4.78, 5) is 16.4. The summed E-state index contributed by atoms with van der Waals surface area (Å²) in [5.41, 5.74) is 1.45. The van der Waals surface area contributed by atoms with Crippen molar-refractivity contribution in [2.75, 3.05) is 25.6 Å². The molecule has 152 valence electrons. The van der Waals surface area contributed by atoms with Crippen LogP contribution in [0.2, 0.25) is 0 Å². The molecule has 2 N–H and O–H groups in total. The molecule has 0 radical (unpaired) electrons. The lowest BCUT2D eigenvalue weighted by atomic mass is 10.2. The Morgan fingerprint density at radius 2 is 1.90 bits per heavy atom. The van der Waals surface area contributed by atoms with Crippen LogP contribution in [0.25, 0.3) is 11.5 Å². The van der Waals surface area contributed by atoms with Crippen LogP contribution in [-0.2, 0) is 0 Å². The number of carbonyl (C=O) groups excluding carboxylic acids is 1. The first-order valence-electron chi connectivity index (χ1n) is 9.31. The van der Waals surface area contributed by atoms with Crippen molar-refractivity contribution in [1.29, 1.82) is 0 Å². The topological polar surface area (TPSA) is 98.5 Å². The molecule has 2 aromatic carbocycles. The Labute approximate surface area is 169 Å². The third-order valence-corrected chi connectivity index (χ3v) is 4.05. The maximum absolute atomic E-state index is 12.0. The maximum atomic E-state index is 12.0. The molecule has 0 bridgehead atoms. The number of benzene rings is 2. The van der Waals surface area contributed by atoms with E-state index in [1.165, 1.54) is 0 Å². The van der Waals surface area contributed by atoms with Crippen molar-refractivity contribution >= 4 is 11.7 Å². The predicted molar refractivity (Wildman–Crippen MR) is 109 cm³/mol. The van der Waals surface area contributed by atoms with Crippen LogP contribution in [0.15, 0.2) is 53.1 Å². The van der Waals surface area contributed by atoms with Gasteiger partial charge in [0.15, 0.2) is 5.82 Å². The van der Waals surface area contributed by atoms with E-state index < -0.39 is 0 Å². The fourth-order valence-corrected chi connectivity index (χ4v) is 2.48. The summed E-state index contributed by atoms with van der Waals surface area (Å²) in [5.74, 6) is 2.73. The molecule has 1 aromatic heterocycles. The van der Waals surface area contributed by atoms with Crippen LogP contribution in [0.5, 0.6) is 11.5 Å². The first kappa shape index (κ1) is 20.2. The molecule has 0 fully saturated rings. The van der Waals surface area contributed by atoms with E-state index in [0.29, 0.717) is 36.3 Å². The molecular formula is C21H24N4O4. The van der Waals surface area contributed by atoms with E-state index in [1.54, 1.807) is 25.3 Å². The number of urea groups is 1. The summed E-state index contributed by atoms with van der Waals surface area (Å²) in [6.07, 6.45) is 0. The van der Waals surface area contributed by atoms with Gasteiger partial charge in [-0.05, 0) is 36.4 Å². The minimum atomic E-state index is -0.313. The minimum absolute atomic E-state index is 0.199. The number of ether oxygens (including phenoxy) is 2. The van der Waals surface area contributed by atoms with E-state index in [9.17, 15) is 4.79 Å². The number of anilines is 1. The van der Waals surface area contributed by atoms with Crippen molar-refractivity contribution in [3.05, 3.63) is 54.4 Å². The summed E-state index contributed by atoms with van der Waals surface area (Å²) in [6.45, 7) is 4.71. The van der Waals surface area contributed by atoms with Gasteiger partial charge < -0.3 is 24.6 Å². The molecule has 0 unspecified atom stereocenters. The van der Waals surface area contributed by atoms with Crippen molar-refractivity contribution in [1.82, 2.24) is 15.5 Å². The molecule has 0 saturated heterocycles. The van der Waals surface area contributed by atoms with Gasteiger partial charge in [-0.3, -0.25) is 0 Å². The van der Waals surface area contributed by atoms with Gasteiger partial charge in [0.1, 0.15) is 18.1 Å². The van der Waals surface area contributed by atoms with Gasteiger partial charge in [-0.25, -0.2) is 4.79 Å². The Morgan fingerprint density at radius 1 is 1.14 bits per heavy atom. The number of nitrogens with one attached hydrogen (secondary N) is 2. The summed E-state index contributed by atoms with van der Waals surface area (Å²) >= 11 is 0. The lowest BCUT2D eigenvalue weighted by Gasteiger charge is -2.10. The van der Waals surface area contributed by atoms with Crippen LogP contribution in [0, 0.1) is 0 Å². The second-order valence-electron chi connectivity index (χ2n) is 6.60. The second kappa shape index (κ2) is 9.59. The lowest BCUT2D eigenvalue weighted by molar-refractivity contribution is 0.247. The number of nitrogens with zero attached hydrogens (tertiary/aromatic N) is 2. The van der Waals surface area contributed by atoms with Crippen LogP contribution in [0.1, 0.15) is 25.6 Å². The van der Waals surface area contributed by atoms with Gasteiger partial charge in [0, 0.05) is 23.2 Å². The molecule has 0 aliphatic heterocycles. The molecule has 2 amide bonds. The average Bonchev–Trinajstić information content (AvgIpc) is 3.23. The predicted octanol–water partition coefficient (Wildman–Crippen LogP) is 4.07.